The largest absolute Gasteiger partial charge is 0.490 e. The van der Waals surface area contributed by atoms with Gasteiger partial charge in [-0.25, -0.2) is 4.79 Å². The summed E-state index contributed by atoms with van der Waals surface area (Å²) in [5.41, 5.74) is -0.367. The Morgan fingerprint density at radius 1 is 1.43 bits per heavy atom. The van der Waals surface area contributed by atoms with E-state index < -0.39 is 10.9 Å². The van der Waals surface area contributed by atoms with Crippen LogP contribution in [0.5, 0.6) is 5.75 Å². The minimum absolute atomic E-state index is 0.0473. The van der Waals surface area contributed by atoms with Crippen molar-refractivity contribution in [2.24, 2.45) is 0 Å². The van der Waals surface area contributed by atoms with Crippen molar-refractivity contribution in [2.45, 2.75) is 12.8 Å². The SMILES string of the molecule is COc1cccc(/C(=C\N2CCCC2)C(=O)O)c1[N+](=O)[O-]. The third kappa shape index (κ3) is 3.13. The van der Waals surface area contributed by atoms with Gasteiger partial charge in [-0.1, -0.05) is 6.07 Å². The van der Waals surface area contributed by atoms with Crippen LogP contribution < -0.4 is 4.74 Å². The van der Waals surface area contributed by atoms with E-state index in [1.165, 1.54) is 25.4 Å². The first kappa shape index (κ1) is 14.8. The predicted octanol–water partition coefficient (Wildman–Crippen LogP) is 2.12. The molecule has 0 bridgehead atoms. The molecule has 0 radical (unpaired) electrons. The molecule has 0 spiro atoms. The number of nitro groups is 1. The number of rotatable bonds is 5. The van der Waals surface area contributed by atoms with Gasteiger partial charge in [-0.3, -0.25) is 10.1 Å². The number of aliphatic carboxylic acids is 1. The Labute approximate surface area is 121 Å². The molecule has 1 aromatic rings. The van der Waals surface area contributed by atoms with Crippen molar-refractivity contribution in [1.29, 1.82) is 0 Å². The lowest BCUT2D eigenvalue weighted by Gasteiger charge is -2.14. The topological polar surface area (TPSA) is 92.9 Å². The Morgan fingerprint density at radius 2 is 2.10 bits per heavy atom. The van der Waals surface area contributed by atoms with E-state index in [1.807, 2.05) is 4.90 Å². The zero-order chi connectivity index (χ0) is 15.4. The Morgan fingerprint density at radius 3 is 2.62 bits per heavy atom. The second-order valence-electron chi connectivity index (χ2n) is 4.70. The summed E-state index contributed by atoms with van der Waals surface area (Å²) in [6.45, 7) is 1.52. The van der Waals surface area contributed by atoms with Crippen molar-refractivity contribution in [3.63, 3.8) is 0 Å². The van der Waals surface area contributed by atoms with Crippen LogP contribution in [0.25, 0.3) is 5.57 Å². The van der Waals surface area contributed by atoms with Gasteiger partial charge in [-0.15, -0.1) is 0 Å². The van der Waals surface area contributed by atoms with E-state index in [0.717, 1.165) is 25.9 Å². The summed E-state index contributed by atoms with van der Waals surface area (Å²) in [6, 6.07) is 4.41. The molecule has 0 unspecified atom stereocenters. The normalized spacial score (nSPS) is 15.1. The summed E-state index contributed by atoms with van der Waals surface area (Å²) in [4.78, 5) is 24.0. The van der Waals surface area contributed by atoms with E-state index in [0.29, 0.717) is 0 Å². The van der Waals surface area contributed by atoms with Gasteiger partial charge in [0.15, 0.2) is 5.75 Å². The van der Waals surface area contributed by atoms with Gasteiger partial charge in [0, 0.05) is 19.3 Å². The lowest BCUT2D eigenvalue weighted by atomic mass is 10.0. The summed E-state index contributed by atoms with van der Waals surface area (Å²) in [5.74, 6) is -1.15. The van der Waals surface area contributed by atoms with Gasteiger partial charge in [0.2, 0.25) is 0 Å². The zero-order valence-corrected chi connectivity index (χ0v) is 11.6. The molecular weight excluding hydrogens is 276 g/mol. The molecule has 1 heterocycles. The molecule has 1 aromatic carbocycles. The molecule has 0 aromatic heterocycles. The number of benzene rings is 1. The van der Waals surface area contributed by atoms with Crippen LogP contribution in [-0.4, -0.2) is 41.1 Å². The van der Waals surface area contributed by atoms with Crippen LogP contribution in [0.4, 0.5) is 5.69 Å². The van der Waals surface area contributed by atoms with Gasteiger partial charge in [-0.05, 0) is 25.0 Å². The van der Waals surface area contributed by atoms with Crippen LogP contribution >= 0.6 is 0 Å². The minimum Gasteiger partial charge on any atom is -0.490 e. The Kier molecular flexibility index (Phi) is 4.42. The number of carbonyl (C=O) groups is 1. The molecule has 112 valence electrons. The van der Waals surface area contributed by atoms with Crippen molar-refractivity contribution >= 4 is 17.2 Å². The number of para-hydroxylation sites is 1. The van der Waals surface area contributed by atoms with Crippen molar-refractivity contribution in [2.75, 3.05) is 20.2 Å². The predicted molar refractivity (Wildman–Crippen MR) is 76.1 cm³/mol. The molecular formula is C14H16N2O5. The number of methoxy groups -OCH3 is 1. The van der Waals surface area contributed by atoms with Crippen molar-refractivity contribution in [1.82, 2.24) is 4.90 Å². The highest BCUT2D eigenvalue weighted by Gasteiger charge is 2.27. The van der Waals surface area contributed by atoms with Gasteiger partial charge in [0.25, 0.3) is 0 Å². The fourth-order valence-corrected chi connectivity index (χ4v) is 2.39. The minimum atomic E-state index is -1.20. The standard InChI is InChI=1S/C14H16N2O5/c1-21-12-6-4-5-10(13(12)16(19)20)11(14(17)18)9-15-7-2-3-8-15/h4-6,9H,2-3,7-8H2,1H3,(H,17,18)/b11-9+. The lowest BCUT2D eigenvalue weighted by molar-refractivity contribution is -0.386. The highest BCUT2D eigenvalue weighted by atomic mass is 16.6. The number of hydrogen-bond acceptors (Lipinski definition) is 5. The Bertz CT molecular complexity index is 591. The van der Waals surface area contributed by atoms with Crippen LogP contribution in [-0.2, 0) is 4.79 Å². The van der Waals surface area contributed by atoms with E-state index in [9.17, 15) is 20.0 Å². The summed E-state index contributed by atoms with van der Waals surface area (Å²) >= 11 is 0. The number of hydrogen-bond donors (Lipinski definition) is 1. The first-order chi connectivity index (χ1) is 10.0. The molecule has 7 nitrogen and oxygen atoms in total. The number of nitro benzene ring substituents is 1. The van der Waals surface area contributed by atoms with Crippen LogP contribution in [0.3, 0.4) is 0 Å². The maximum atomic E-state index is 11.5. The molecule has 21 heavy (non-hydrogen) atoms. The van der Waals surface area contributed by atoms with Gasteiger partial charge < -0.3 is 14.7 Å². The number of nitrogens with zero attached hydrogens (tertiary/aromatic N) is 2. The van der Waals surface area contributed by atoms with Gasteiger partial charge in [0.1, 0.15) is 0 Å². The molecule has 0 atom stereocenters. The van der Waals surface area contributed by atoms with E-state index in [2.05, 4.69) is 0 Å². The molecule has 2 rings (SSSR count). The quantitative estimate of drug-likeness (QED) is 0.507. The monoisotopic (exact) mass is 292 g/mol. The highest BCUT2D eigenvalue weighted by molar-refractivity contribution is 6.16. The summed E-state index contributed by atoms with van der Waals surface area (Å²) < 4.78 is 4.97. The molecule has 1 saturated heterocycles. The summed E-state index contributed by atoms with van der Waals surface area (Å²) in [7, 11) is 1.32. The average molecular weight is 292 g/mol. The van der Waals surface area contributed by atoms with Gasteiger partial charge in [0.05, 0.1) is 23.2 Å². The number of likely N-dealkylation sites (tertiary alicyclic amines) is 1. The summed E-state index contributed by atoms with van der Waals surface area (Å²) in [5, 5.41) is 20.7. The van der Waals surface area contributed by atoms with Crippen LogP contribution in [0, 0.1) is 10.1 Å². The highest BCUT2D eigenvalue weighted by Crippen LogP contribution is 2.35. The maximum absolute atomic E-state index is 11.5. The average Bonchev–Trinajstić information content (AvgIpc) is 2.96. The van der Waals surface area contributed by atoms with Crippen LogP contribution in [0.1, 0.15) is 18.4 Å². The third-order valence-electron chi connectivity index (χ3n) is 3.37. The molecule has 1 aliphatic rings. The van der Waals surface area contributed by atoms with E-state index >= 15 is 0 Å². The maximum Gasteiger partial charge on any atom is 0.338 e. The molecule has 1 fully saturated rings. The molecule has 0 aliphatic carbocycles. The first-order valence-electron chi connectivity index (χ1n) is 6.55. The third-order valence-corrected chi connectivity index (χ3v) is 3.37. The number of carboxylic acids is 1. The van der Waals surface area contributed by atoms with Crippen LogP contribution in [0.2, 0.25) is 0 Å². The zero-order valence-electron chi connectivity index (χ0n) is 11.6. The van der Waals surface area contributed by atoms with E-state index in [1.54, 1.807) is 6.07 Å². The number of carboxylic acid groups (broad SMARTS) is 1. The molecule has 7 heteroatoms. The van der Waals surface area contributed by atoms with Crippen LogP contribution in [0.15, 0.2) is 24.4 Å². The molecule has 1 N–H and O–H groups in total. The van der Waals surface area contributed by atoms with Crippen molar-refractivity contribution in [3.8, 4) is 5.75 Å². The van der Waals surface area contributed by atoms with Gasteiger partial charge in [-0.2, -0.15) is 0 Å². The first-order valence-corrected chi connectivity index (χ1v) is 6.55. The second-order valence-corrected chi connectivity index (χ2v) is 4.70. The fourth-order valence-electron chi connectivity index (χ4n) is 2.39. The lowest BCUT2D eigenvalue weighted by Crippen LogP contribution is -2.15. The second kappa shape index (κ2) is 6.25. The Hall–Kier alpha value is -2.57. The fraction of sp³-hybridized carbons (Fsp3) is 0.357. The number of ether oxygens (including phenoxy) is 1. The smallest absolute Gasteiger partial charge is 0.338 e. The van der Waals surface area contributed by atoms with E-state index in [-0.39, 0.29) is 22.6 Å². The summed E-state index contributed by atoms with van der Waals surface area (Å²) in [6.07, 6.45) is 3.46. The van der Waals surface area contributed by atoms with Gasteiger partial charge >= 0.3 is 11.7 Å². The van der Waals surface area contributed by atoms with E-state index in [4.69, 9.17) is 4.74 Å². The Balaban J connectivity index is 2.55. The molecule has 1 aliphatic heterocycles. The molecule has 0 saturated carbocycles. The van der Waals surface area contributed by atoms with Crippen molar-refractivity contribution in [3.05, 3.63) is 40.1 Å². The molecule has 0 amide bonds. The van der Waals surface area contributed by atoms with Crippen molar-refractivity contribution < 1.29 is 19.6 Å².